The number of amidine groups is 1. The molecule has 0 fully saturated rings. The number of para-hydroxylation sites is 1. The minimum atomic E-state index is -3.92. The Kier molecular flexibility index (Phi) is 5.80. The first kappa shape index (κ1) is 21.1. The Morgan fingerprint density at radius 2 is 1.74 bits per heavy atom. The van der Waals surface area contributed by atoms with Gasteiger partial charge in [0.05, 0.1) is 16.3 Å². The van der Waals surface area contributed by atoms with Gasteiger partial charge in [-0.1, -0.05) is 48.9 Å². The van der Waals surface area contributed by atoms with E-state index in [1.165, 1.54) is 6.07 Å². The highest BCUT2D eigenvalue weighted by Crippen LogP contribution is 2.39. The topological polar surface area (TPSA) is 78.8 Å². The van der Waals surface area contributed by atoms with Crippen molar-refractivity contribution < 1.29 is 13.2 Å². The van der Waals surface area contributed by atoms with E-state index in [4.69, 9.17) is 11.6 Å². The van der Waals surface area contributed by atoms with Crippen LogP contribution in [0.5, 0.6) is 0 Å². The Hall–Kier alpha value is -3.16. The van der Waals surface area contributed by atoms with Gasteiger partial charge in [0.25, 0.3) is 15.9 Å². The summed E-state index contributed by atoms with van der Waals surface area (Å²) in [6, 6.07) is 20.9. The number of nitrogens with one attached hydrogen (secondary N) is 1. The van der Waals surface area contributed by atoms with Crippen molar-refractivity contribution >= 4 is 50.4 Å². The van der Waals surface area contributed by atoms with Gasteiger partial charge < -0.3 is 5.32 Å². The minimum absolute atomic E-state index is 0.0353. The fourth-order valence-electron chi connectivity index (χ4n) is 3.44. The Balaban J connectivity index is 1.76. The zero-order chi connectivity index (χ0) is 22.0. The van der Waals surface area contributed by atoms with Gasteiger partial charge in [0.15, 0.2) is 0 Å². The standard InChI is InChI=1S/C23H20ClN3O3S/c1-2-8-22-26-31(29,30)21-15-16(25-23(28)18-11-6-7-12-19(18)24)13-14-20(21)27(22)17-9-4-3-5-10-17/h3-7,9-15H,2,8H2,1H3,(H,25,28). The molecule has 0 aliphatic carbocycles. The zero-order valence-corrected chi connectivity index (χ0v) is 18.3. The third-order valence-corrected chi connectivity index (χ3v) is 6.49. The van der Waals surface area contributed by atoms with Crippen molar-refractivity contribution in [2.24, 2.45) is 4.40 Å². The van der Waals surface area contributed by atoms with Gasteiger partial charge in [0.2, 0.25) is 0 Å². The maximum atomic E-state index is 12.9. The summed E-state index contributed by atoms with van der Waals surface area (Å²) < 4.78 is 30.0. The van der Waals surface area contributed by atoms with Crippen LogP contribution in [0, 0.1) is 0 Å². The van der Waals surface area contributed by atoms with Crippen LogP contribution in [0.3, 0.4) is 0 Å². The van der Waals surface area contributed by atoms with Gasteiger partial charge in [-0.25, -0.2) is 0 Å². The number of carbonyl (C=O) groups is 1. The average molecular weight is 454 g/mol. The maximum absolute atomic E-state index is 12.9. The molecule has 158 valence electrons. The van der Waals surface area contributed by atoms with Crippen LogP contribution in [0.15, 0.2) is 82.1 Å². The monoisotopic (exact) mass is 453 g/mol. The van der Waals surface area contributed by atoms with Crippen molar-refractivity contribution in [3.8, 4) is 0 Å². The molecule has 3 aromatic carbocycles. The molecule has 1 N–H and O–H groups in total. The van der Waals surface area contributed by atoms with Gasteiger partial charge >= 0.3 is 0 Å². The molecule has 1 aliphatic heterocycles. The van der Waals surface area contributed by atoms with Gasteiger partial charge in [-0.15, -0.1) is 4.40 Å². The Morgan fingerprint density at radius 3 is 2.45 bits per heavy atom. The molecule has 3 aromatic rings. The molecule has 0 saturated heterocycles. The molecule has 1 aliphatic rings. The number of hydrogen-bond acceptors (Lipinski definition) is 4. The minimum Gasteiger partial charge on any atom is -0.322 e. The quantitative estimate of drug-likeness (QED) is 0.542. The van der Waals surface area contributed by atoms with E-state index in [1.54, 1.807) is 36.4 Å². The van der Waals surface area contributed by atoms with E-state index in [2.05, 4.69) is 9.71 Å². The summed E-state index contributed by atoms with van der Waals surface area (Å²) in [6.45, 7) is 1.97. The average Bonchev–Trinajstić information content (AvgIpc) is 2.75. The van der Waals surface area contributed by atoms with Crippen molar-refractivity contribution in [2.45, 2.75) is 24.7 Å². The van der Waals surface area contributed by atoms with E-state index >= 15 is 0 Å². The van der Waals surface area contributed by atoms with Gasteiger partial charge in [-0.2, -0.15) is 8.42 Å². The first-order chi connectivity index (χ1) is 14.9. The van der Waals surface area contributed by atoms with Crippen LogP contribution < -0.4 is 10.2 Å². The predicted molar refractivity (Wildman–Crippen MR) is 124 cm³/mol. The number of fused-ring (bicyclic) bond motifs is 1. The number of amides is 1. The molecule has 1 amide bonds. The Bertz CT molecular complexity index is 1270. The number of halogens is 1. The van der Waals surface area contributed by atoms with Crippen molar-refractivity contribution in [3.05, 3.63) is 83.4 Å². The van der Waals surface area contributed by atoms with Crippen LogP contribution in [-0.4, -0.2) is 20.2 Å². The molecule has 31 heavy (non-hydrogen) atoms. The summed E-state index contributed by atoms with van der Waals surface area (Å²) >= 11 is 6.10. The van der Waals surface area contributed by atoms with Gasteiger partial charge in [-0.3, -0.25) is 9.69 Å². The summed E-state index contributed by atoms with van der Waals surface area (Å²) in [4.78, 5) is 14.5. The highest BCUT2D eigenvalue weighted by Gasteiger charge is 2.31. The van der Waals surface area contributed by atoms with Crippen LogP contribution in [0.25, 0.3) is 0 Å². The van der Waals surface area contributed by atoms with Crippen molar-refractivity contribution in [2.75, 3.05) is 10.2 Å². The lowest BCUT2D eigenvalue weighted by atomic mass is 10.1. The third kappa shape index (κ3) is 4.19. The molecule has 0 unspecified atom stereocenters. The van der Waals surface area contributed by atoms with Gasteiger partial charge in [0, 0.05) is 17.8 Å². The molecule has 8 heteroatoms. The molecular weight excluding hydrogens is 434 g/mol. The number of nitrogens with zero attached hydrogens (tertiary/aromatic N) is 2. The molecule has 0 spiro atoms. The van der Waals surface area contributed by atoms with E-state index in [9.17, 15) is 13.2 Å². The number of carbonyl (C=O) groups excluding carboxylic acids is 1. The van der Waals surface area contributed by atoms with E-state index in [1.807, 2.05) is 42.2 Å². The predicted octanol–water partition coefficient (Wildman–Crippen LogP) is 5.63. The summed E-state index contributed by atoms with van der Waals surface area (Å²) in [5, 5.41) is 3.04. The second-order valence-electron chi connectivity index (χ2n) is 7.02. The number of anilines is 3. The van der Waals surface area contributed by atoms with E-state index in [-0.39, 0.29) is 4.90 Å². The highest BCUT2D eigenvalue weighted by molar-refractivity contribution is 7.90. The fraction of sp³-hybridized carbons (Fsp3) is 0.130. The van der Waals surface area contributed by atoms with Gasteiger partial charge in [0.1, 0.15) is 10.7 Å². The number of sulfonamides is 1. The lowest BCUT2D eigenvalue weighted by molar-refractivity contribution is 0.102. The van der Waals surface area contributed by atoms with Crippen molar-refractivity contribution in [1.82, 2.24) is 0 Å². The third-order valence-electron chi connectivity index (χ3n) is 4.83. The van der Waals surface area contributed by atoms with E-state index in [0.717, 1.165) is 12.1 Å². The number of rotatable bonds is 5. The molecule has 4 rings (SSSR count). The number of benzene rings is 3. The first-order valence-corrected chi connectivity index (χ1v) is 11.6. The second kappa shape index (κ2) is 8.53. The SMILES string of the molecule is CCCC1=NS(=O)(=O)c2cc(NC(=O)c3ccccc3Cl)ccc2N1c1ccccc1. The van der Waals surface area contributed by atoms with E-state index in [0.29, 0.717) is 34.2 Å². The van der Waals surface area contributed by atoms with Gasteiger partial charge in [-0.05, 0) is 48.9 Å². The summed E-state index contributed by atoms with van der Waals surface area (Å²) in [7, 11) is -3.92. The lowest BCUT2D eigenvalue weighted by Crippen LogP contribution is -2.31. The molecule has 0 bridgehead atoms. The van der Waals surface area contributed by atoms with Crippen LogP contribution in [0.1, 0.15) is 30.1 Å². The Labute approximate surface area is 186 Å². The molecule has 0 aromatic heterocycles. The maximum Gasteiger partial charge on any atom is 0.286 e. The largest absolute Gasteiger partial charge is 0.322 e. The van der Waals surface area contributed by atoms with E-state index < -0.39 is 15.9 Å². The summed E-state index contributed by atoms with van der Waals surface area (Å²) in [5.74, 6) is 0.0444. The molecule has 6 nitrogen and oxygen atoms in total. The first-order valence-electron chi connectivity index (χ1n) is 9.79. The van der Waals surface area contributed by atoms with Crippen LogP contribution in [0.4, 0.5) is 17.1 Å². The summed E-state index contributed by atoms with van der Waals surface area (Å²) in [5.41, 5.74) is 1.97. The Morgan fingerprint density at radius 1 is 1.03 bits per heavy atom. The van der Waals surface area contributed by atoms with Crippen molar-refractivity contribution in [3.63, 3.8) is 0 Å². The molecular formula is C23H20ClN3O3S. The van der Waals surface area contributed by atoms with Crippen LogP contribution in [-0.2, 0) is 10.0 Å². The smallest absolute Gasteiger partial charge is 0.286 e. The zero-order valence-electron chi connectivity index (χ0n) is 16.7. The number of hydrogen-bond donors (Lipinski definition) is 1. The summed E-state index contributed by atoms with van der Waals surface area (Å²) in [6.07, 6.45) is 1.26. The normalized spacial score (nSPS) is 14.5. The molecule has 0 saturated carbocycles. The highest BCUT2D eigenvalue weighted by atomic mass is 35.5. The molecule has 1 heterocycles. The van der Waals surface area contributed by atoms with Crippen LogP contribution >= 0.6 is 11.6 Å². The lowest BCUT2D eigenvalue weighted by Gasteiger charge is -2.31. The molecule has 0 atom stereocenters. The second-order valence-corrected chi connectivity index (χ2v) is 9.00. The molecule has 0 radical (unpaired) electrons. The van der Waals surface area contributed by atoms with Crippen LogP contribution in [0.2, 0.25) is 5.02 Å². The van der Waals surface area contributed by atoms with Crippen molar-refractivity contribution in [1.29, 1.82) is 0 Å². The fourth-order valence-corrected chi connectivity index (χ4v) is 4.91.